The van der Waals surface area contributed by atoms with Gasteiger partial charge < -0.3 is 20.6 Å². The maximum Gasteiger partial charge on any atom is 0.125 e. The summed E-state index contributed by atoms with van der Waals surface area (Å²) in [5, 5.41) is 32.3. The van der Waals surface area contributed by atoms with Crippen molar-refractivity contribution in [3.63, 3.8) is 0 Å². The average molecular weight is 209 g/mol. The molecule has 1 aromatic carbocycles. The third-order valence-electron chi connectivity index (χ3n) is 2.91. The van der Waals surface area contributed by atoms with Gasteiger partial charge in [-0.1, -0.05) is 0 Å². The minimum Gasteiger partial charge on any atom is -0.508 e. The van der Waals surface area contributed by atoms with Crippen LogP contribution in [-0.2, 0) is 5.60 Å². The number of aliphatic hydroxyl groups is 1. The molecule has 2 rings (SSSR count). The number of nitrogens with one attached hydrogen (secondary N) is 1. The van der Waals surface area contributed by atoms with E-state index in [-0.39, 0.29) is 11.5 Å². The maximum atomic E-state index is 10.3. The number of rotatable bonds is 1. The van der Waals surface area contributed by atoms with E-state index in [1.54, 1.807) is 6.07 Å². The first-order valence-electron chi connectivity index (χ1n) is 5.07. The third kappa shape index (κ3) is 1.91. The molecule has 15 heavy (non-hydrogen) atoms. The van der Waals surface area contributed by atoms with Crippen molar-refractivity contribution in [1.82, 2.24) is 5.32 Å². The zero-order chi connectivity index (χ0) is 10.9. The lowest BCUT2D eigenvalue weighted by molar-refractivity contribution is 0.00396. The van der Waals surface area contributed by atoms with Crippen molar-refractivity contribution >= 4 is 0 Å². The van der Waals surface area contributed by atoms with Crippen LogP contribution in [0.15, 0.2) is 18.2 Å². The molecule has 1 aliphatic heterocycles. The molecule has 0 spiro atoms. The summed E-state index contributed by atoms with van der Waals surface area (Å²) >= 11 is 0. The Morgan fingerprint density at radius 1 is 1.13 bits per heavy atom. The van der Waals surface area contributed by atoms with Gasteiger partial charge in [0.15, 0.2) is 0 Å². The minimum atomic E-state index is -0.969. The lowest BCUT2D eigenvalue weighted by Crippen LogP contribution is -2.39. The van der Waals surface area contributed by atoms with Crippen LogP contribution in [0.3, 0.4) is 0 Å². The zero-order valence-corrected chi connectivity index (χ0v) is 8.40. The molecule has 4 N–H and O–H groups in total. The summed E-state index contributed by atoms with van der Waals surface area (Å²) < 4.78 is 0. The molecule has 82 valence electrons. The zero-order valence-electron chi connectivity index (χ0n) is 8.40. The van der Waals surface area contributed by atoms with E-state index in [4.69, 9.17) is 5.11 Å². The van der Waals surface area contributed by atoms with Crippen LogP contribution in [0.1, 0.15) is 18.4 Å². The molecule has 0 atom stereocenters. The molecule has 0 amide bonds. The molecule has 0 aromatic heterocycles. The van der Waals surface area contributed by atoms with Crippen LogP contribution in [0.25, 0.3) is 0 Å². The fourth-order valence-corrected chi connectivity index (χ4v) is 2.02. The minimum absolute atomic E-state index is 0.00813. The highest BCUT2D eigenvalue weighted by Crippen LogP contribution is 2.37. The number of aromatic hydroxyl groups is 2. The number of hydrogen-bond donors (Lipinski definition) is 4. The molecular weight excluding hydrogens is 194 g/mol. The summed E-state index contributed by atoms with van der Waals surface area (Å²) in [4.78, 5) is 0. The van der Waals surface area contributed by atoms with E-state index in [1.165, 1.54) is 12.1 Å². The van der Waals surface area contributed by atoms with Gasteiger partial charge in [-0.3, -0.25) is 0 Å². The standard InChI is InChI=1S/C11H15NO3/c13-8-1-2-9(10(14)7-8)11(15)3-5-12-6-4-11/h1-2,7,12-15H,3-6H2. The Kier molecular flexibility index (Phi) is 2.54. The molecule has 1 aromatic rings. The first-order chi connectivity index (χ1) is 7.12. The number of benzene rings is 1. The van der Waals surface area contributed by atoms with E-state index in [2.05, 4.69) is 5.32 Å². The van der Waals surface area contributed by atoms with Crippen LogP contribution in [0.2, 0.25) is 0 Å². The lowest BCUT2D eigenvalue weighted by atomic mass is 9.84. The summed E-state index contributed by atoms with van der Waals surface area (Å²) in [7, 11) is 0. The fourth-order valence-electron chi connectivity index (χ4n) is 2.02. The van der Waals surface area contributed by atoms with Crippen LogP contribution in [-0.4, -0.2) is 28.4 Å². The normalized spacial score (nSPS) is 20.1. The Balaban J connectivity index is 2.35. The van der Waals surface area contributed by atoms with Crippen molar-refractivity contribution < 1.29 is 15.3 Å². The molecule has 4 heteroatoms. The summed E-state index contributed by atoms with van der Waals surface area (Å²) in [6, 6.07) is 4.32. The largest absolute Gasteiger partial charge is 0.508 e. The summed E-state index contributed by atoms with van der Waals surface area (Å²) in [5.41, 5.74) is -0.468. The van der Waals surface area contributed by atoms with E-state index in [0.29, 0.717) is 18.4 Å². The first kappa shape index (κ1) is 10.3. The number of phenolic OH excluding ortho intramolecular Hbond substituents is 2. The van der Waals surface area contributed by atoms with Gasteiger partial charge in [0.25, 0.3) is 0 Å². The molecule has 0 saturated carbocycles. The van der Waals surface area contributed by atoms with Crippen molar-refractivity contribution in [3.8, 4) is 11.5 Å². The van der Waals surface area contributed by atoms with E-state index < -0.39 is 5.60 Å². The van der Waals surface area contributed by atoms with Crippen molar-refractivity contribution in [2.45, 2.75) is 18.4 Å². The van der Waals surface area contributed by atoms with Crippen LogP contribution < -0.4 is 5.32 Å². The summed E-state index contributed by atoms with van der Waals surface area (Å²) in [6.07, 6.45) is 1.15. The molecule has 0 aliphatic carbocycles. The van der Waals surface area contributed by atoms with Gasteiger partial charge in [-0.25, -0.2) is 0 Å². The highest BCUT2D eigenvalue weighted by atomic mass is 16.3. The van der Waals surface area contributed by atoms with Gasteiger partial charge in [0, 0.05) is 11.6 Å². The second-order valence-corrected chi connectivity index (χ2v) is 3.98. The summed E-state index contributed by atoms with van der Waals surface area (Å²) in [6.45, 7) is 1.47. The first-order valence-corrected chi connectivity index (χ1v) is 5.07. The van der Waals surface area contributed by atoms with Crippen molar-refractivity contribution in [2.24, 2.45) is 0 Å². The van der Waals surface area contributed by atoms with Gasteiger partial charge in [0.1, 0.15) is 11.5 Å². The van der Waals surface area contributed by atoms with Crippen LogP contribution in [0.5, 0.6) is 11.5 Å². The monoisotopic (exact) mass is 209 g/mol. The average Bonchev–Trinajstić information content (AvgIpc) is 2.18. The lowest BCUT2D eigenvalue weighted by Gasteiger charge is -2.33. The third-order valence-corrected chi connectivity index (χ3v) is 2.91. The second-order valence-electron chi connectivity index (χ2n) is 3.98. The second kappa shape index (κ2) is 3.72. The number of phenols is 2. The van der Waals surface area contributed by atoms with Crippen molar-refractivity contribution in [3.05, 3.63) is 23.8 Å². The van der Waals surface area contributed by atoms with Gasteiger partial charge in [0.05, 0.1) is 5.60 Å². The fraction of sp³-hybridized carbons (Fsp3) is 0.455. The van der Waals surface area contributed by atoms with Gasteiger partial charge in [-0.2, -0.15) is 0 Å². The van der Waals surface area contributed by atoms with E-state index in [1.807, 2.05) is 0 Å². The Hall–Kier alpha value is -1.26. The van der Waals surface area contributed by atoms with Crippen LogP contribution in [0.4, 0.5) is 0 Å². The highest BCUT2D eigenvalue weighted by Gasteiger charge is 2.33. The smallest absolute Gasteiger partial charge is 0.125 e. The predicted molar refractivity (Wildman–Crippen MR) is 55.8 cm³/mol. The Bertz CT molecular complexity index is 359. The van der Waals surface area contributed by atoms with Crippen molar-refractivity contribution in [1.29, 1.82) is 0 Å². The number of piperidine rings is 1. The van der Waals surface area contributed by atoms with Gasteiger partial charge in [0.2, 0.25) is 0 Å². The quantitative estimate of drug-likeness (QED) is 0.548. The molecule has 1 fully saturated rings. The van der Waals surface area contributed by atoms with E-state index in [0.717, 1.165) is 13.1 Å². The molecule has 0 radical (unpaired) electrons. The van der Waals surface area contributed by atoms with Gasteiger partial charge in [-0.05, 0) is 38.1 Å². The molecule has 4 nitrogen and oxygen atoms in total. The van der Waals surface area contributed by atoms with Gasteiger partial charge in [-0.15, -0.1) is 0 Å². The van der Waals surface area contributed by atoms with E-state index in [9.17, 15) is 10.2 Å². The number of hydrogen-bond acceptors (Lipinski definition) is 4. The Morgan fingerprint density at radius 2 is 1.80 bits per heavy atom. The van der Waals surface area contributed by atoms with Crippen LogP contribution in [0, 0.1) is 0 Å². The predicted octanol–water partition coefficient (Wildman–Crippen LogP) is 0.669. The van der Waals surface area contributed by atoms with E-state index >= 15 is 0 Å². The van der Waals surface area contributed by atoms with Crippen LogP contribution >= 0.6 is 0 Å². The molecular formula is C11H15NO3. The summed E-state index contributed by atoms with van der Waals surface area (Å²) in [5.74, 6) is -0.0341. The molecule has 1 aliphatic rings. The maximum absolute atomic E-state index is 10.3. The Morgan fingerprint density at radius 3 is 2.40 bits per heavy atom. The highest BCUT2D eigenvalue weighted by molar-refractivity contribution is 5.42. The molecule has 1 saturated heterocycles. The molecule has 0 bridgehead atoms. The molecule has 0 unspecified atom stereocenters. The Labute approximate surface area is 88.2 Å². The van der Waals surface area contributed by atoms with Gasteiger partial charge >= 0.3 is 0 Å². The molecule has 1 heterocycles. The SMILES string of the molecule is Oc1ccc(C2(O)CCNCC2)c(O)c1. The topological polar surface area (TPSA) is 72.7 Å². The van der Waals surface area contributed by atoms with Crippen molar-refractivity contribution in [2.75, 3.05) is 13.1 Å².